The standard InChI is InChI=1S/C5H8N2O4/c6-4(5(9)10)2-1-3(8)7-11-2/h2,4H,1,6H2,(H,7,8)(H,9,10)/t2-,4-/m0/s1. The molecule has 1 aliphatic rings. The van der Waals surface area contributed by atoms with Crippen LogP contribution in [0, 0.1) is 0 Å². The van der Waals surface area contributed by atoms with E-state index in [-0.39, 0.29) is 12.3 Å². The predicted octanol–water partition coefficient (Wildman–Crippen LogP) is -1.78. The Hall–Kier alpha value is -1.14. The van der Waals surface area contributed by atoms with Crippen LogP contribution in [-0.4, -0.2) is 29.1 Å². The number of hydrogen-bond acceptors (Lipinski definition) is 4. The molecular weight excluding hydrogens is 152 g/mol. The fourth-order valence-corrected chi connectivity index (χ4v) is 0.767. The summed E-state index contributed by atoms with van der Waals surface area (Å²) in [4.78, 5) is 25.3. The molecular formula is C5H8N2O4. The van der Waals surface area contributed by atoms with E-state index < -0.39 is 18.1 Å². The highest BCUT2D eigenvalue weighted by atomic mass is 16.7. The monoisotopic (exact) mass is 160 g/mol. The van der Waals surface area contributed by atoms with E-state index in [9.17, 15) is 9.59 Å². The number of carbonyl (C=O) groups is 2. The van der Waals surface area contributed by atoms with Crippen LogP contribution in [0.15, 0.2) is 0 Å². The number of nitrogens with one attached hydrogen (secondary N) is 1. The van der Waals surface area contributed by atoms with Crippen molar-refractivity contribution < 1.29 is 19.5 Å². The lowest BCUT2D eigenvalue weighted by Crippen LogP contribution is -2.41. The SMILES string of the molecule is N[C@H](C(=O)O)[C@@H]1CC(=O)NO1. The second-order valence-corrected chi connectivity index (χ2v) is 2.25. The van der Waals surface area contributed by atoms with Crippen molar-refractivity contribution in [2.24, 2.45) is 5.73 Å². The zero-order valence-electron chi connectivity index (χ0n) is 5.61. The molecule has 6 heteroatoms. The maximum absolute atomic E-state index is 10.5. The van der Waals surface area contributed by atoms with Crippen molar-refractivity contribution in [1.29, 1.82) is 0 Å². The van der Waals surface area contributed by atoms with Crippen LogP contribution in [0.5, 0.6) is 0 Å². The summed E-state index contributed by atoms with van der Waals surface area (Å²) in [5.74, 6) is -1.52. The summed E-state index contributed by atoms with van der Waals surface area (Å²) in [6.07, 6.45) is -0.743. The van der Waals surface area contributed by atoms with Gasteiger partial charge in [-0.05, 0) is 0 Å². The van der Waals surface area contributed by atoms with Gasteiger partial charge in [-0.15, -0.1) is 0 Å². The molecule has 0 aromatic heterocycles. The summed E-state index contributed by atoms with van der Waals surface area (Å²) in [7, 11) is 0. The highest BCUT2D eigenvalue weighted by Crippen LogP contribution is 2.07. The van der Waals surface area contributed by atoms with Gasteiger partial charge < -0.3 is 10.8 Å². The molecule has 0 aliphatic carbocycles. The Balaban J connectivity index is 2.49. The second-order valence-electron chi connectivity index (χ2n) is 2.25. The Kier molecular flexibility index (Phi) is 2.06. The number of nitrogens with two attached hydrogens (primary N) is 1. The summed E-state index contributed by atoms with van der Waals surface area (Å²) >= 11 is 0. The molecule has 0 spiro atoms. The van der Waals surface area contributed by atoms with E-state index in [1.165, 1.54) is 0 Å². The number of hydrogen-bond donors (Lipinski definition) is 3. The van der Waals surface area contributed by atoms with E-state index >= 15 is 0 Å². The molecule has 6 nitrogen and oxygen atoms in total. The molecule has 0 aromatic rings. The van der Waals surface area contributed by atoms with Gasteiger partial charge in [0, 0.05) is 0 Å². The van der Waals surface area contributed by atoms with Gasteiger partial charge >= 0.3 is 5.97 Å². The number of amides is 1. The topological polar surface area (TPSA) is 102 Å². The van der Waals surface area contributed by atoms with Crippen LogP contribution in [0.1, 0.15) is 6.42 Å². The maximum atomic E-state index is 10.5. The number of aliphatic carboxylic acids is 1. The van der Waals surface area contributed by atoms with Crippen molar-refractivity contribution in [1.82, 2.24) is 5.48 Å². The van der Waals surface area contributed by atoms with Crippen LogP contribution in [-0.2, 0) is 14.4 Å². The van der Waals surface area contributed by atoms with Crippen LogP contribution >= 0.6 is 0 Å². The second kappa shape index (κ2) is 2.85. The van der Waals surface area contributed by atoms with Gasteiger partial charge in [-0.25, -0.2) is 5.48 Å². The van der Waals surface area contributed by atoms with Crippen molar-refractivity contribution in [3.63, 3.8) is 0 Å². The van der Waals surface area contributed by atoms with E-state index in [2.05, 4.69) is 4.84 Å². The molecule has 0 saturated carbocycles. The van der Waals surface area contributed by atoms with Crippen LogP contribution in [0.25, 0.3) is 0 Å². The van der Waals surface area contributed by atoms with Crippen molar-refractivity contribution in [2.45, 2.75) is 18.6 Å². The molecule has 0 aromatic carbocycles. The normalized spacial score (nSPS) is 26.3. The number of carbonyl (C=O) groups excluding carboxylic acids is 1. The Bertz CT molecular complexity index is 193. The maximum Gasteiger partial charge on any atom is 0.323 e. The van der Waals surface area contributed by atoms with Gasteiger partial charge in [-0.2, -0.15) is 0 Å². The summed E-state index contributed by atoms with van der Waals surface area (Å²) in [6, 6.07) is -1.14. The Labute approximate surface area is 62.3 Å². The molecule has 11 heavy (non-hydrogen) atoms. The first-order chi connectivity index (χ1) is 5.11. The Morgan fingerprint density at radius 3 is 2.91 bits per heavy atom. The van der Waals surface area contributed by atoms with Gasteiger partial charge in [-0.1, -0.05) is 0 Å². The van der Waals surface area contributed by atoms with Crippen LogP contribution in [0.4, 0.5) is 0 Å². The number of carboxylic acid groups (broad SMARTS) is 1. The minimum Gasteiger partial charge on any atom is -0.480 e. The largest absolute Gasteiger partial charge is 0.480 e. The molecule has 4 N–H and O–H groups in total. The fourth-order valence-electron chi connectivity index (χ4n) is 0.767. The van der Waals surface area contributed by atoms with Crippen LogP contribution < -0.4 is 11.2 Å². The molecule has 0 unspecified atom stereocenters. The first-order valence-corrected chi connectivity index (χ1v) is 3.04. The molecule has 1 amide bonds. The van der Waals surface area contributed by atoms with Crippen molar-refractivity contribution in [3.05, 3.63) is 0 Å². The molecule has 1 rings (SSSR count). The minimum atomic E-state index is -1.17. The van der Waals surface area contributed by atoms with Gasteiger partial charge in [0.25, 0.3) is 0 Å². The summed E-state index contributed by atoms with van der Waals surface area (Å²) in [6.45, 7) is 0. The third-order valence-corrected chi connectivity index (χ3v) is 1.40. The van der Waals surface area contributed by atoms with Crippen LogP contribution in [0.2, 0.25) is 0 Å². The van der Waals surface area contributed by atoms with E-state index in [0.717, 1.165) is 0 Å². The van der Waals surface area contributed by atoms with Gasteiger partial charge in [-0.3, -0.25) is 14.4 Å². The number of carboxylic acids is 1. The smallest absolute Gasteiger partial charge is 0.323 e. The molecule has 1 fully saturated rings. The summed E-state index contributed by atoms with van der Waals surface area (Å²) in [5, 5.41) is 8.38. The first kappa shape index (κ1) is 7.96. The van der Waals surface area contributed by atoms with E-state index in [1.807, 2.05) is 5.48 Å². The van der Waals surface area contributed by atoms with Crippen LogP contribution in [0.3, 0.4) is 0 Å². The van der Waals surface area contributed by atoms with Gasteiger partial charge in [0.05, 0.1) is 6.42 Å². The lowest BCUT2D eigenvalue weighted by atomic mass is 10.1. The van der Waals surface area contributed by atoms with Gasteiger partial charge in [0.15, 0.2) is 0 Å². The zero-order chi connectivity index (χ0) is 8.43. The molecule has 0 bridgehead atoms. The minimum absolute atomic E-state index is 0.00741. The third-order valence-electron chi connectivity index (χ3n) is 1.40. The highest BCUT2D eigenvalue weighted by Gasteiger charge is 2.32. The van der Waals surface area contributed by atoms with Crippen molar-refractivity contribution >= 4 is 11.9 Å². The molecule has 1 aliphatic heterocycles. The number of hydroxylamine groups is 1. The molecule has 0 radical (unpaired) electrons. The highest BCUT2D eigenvalue weighted by molar-refractivity contribution is 5.80. The summed E-state index contributed by atoms with van der Waals surface area (Å²) < 4.78 is 0. The molecule has 1 saturated heterocycles. The number of rotatable bonds is 2. The van der Waals surface area contributed by atoms with Crippen molar-refractivity contribution in [2.75, 3.05) is 0 Å². The lowest BCUT2D eigenvalue weighted by Gasteiger charge is -2.10. The predicted molar refractivity (Wildman–Crippen MR) is 33.2 cm³/mol. The molecule has 2 atom stereocenters. The van der Waals surface area contributed by atoms with E-state index in [0.29, 0.717) is 0 Å². The van der Waals surface area contributed by atoms with Gasteiger partial charge in [0.2, 0.25) is 5.91 Å². The van der Waals surface area contributed by atoms with E-state index in [1.54, 1.807) is 0 Å². The fraction of sp³-hybridized carbons (Fsp3) is 0.600. The third kappa shape index (κ3) is 1.66. The summed E-state index contributed by atoms with van der Waals surface area (Å²) in [5.41, 5.74) is 7.19. The average molecular weight is 160 g/mol. The molecule has 62 valence electrons. The average Bonchev–Trinajstić information content (AvgIpc) is 2.34. The van der Waals surface area contributed by atoms with Crippen molar-refractivity contribution in [3.8, 4) is 0 Å². The van der Waals surface area contributed by atoms with Gasteiger partial charge in [0.1, 0.15) is 12.1 Å². The Morgan fingerprint density at radius 1 is 1.91 bits per heavy atom. The zero-order valence-corrected chi connectivity index (χ0v) is 5.61. The Morgan fingerprint density at radius 2 is 2.55 bits per heavy atom. The lowest BCUT2D eigenvalue weighted by molar-refractivity contribution is -0.143. The molecule has 1 heterocycles. The first-order valence-electron chi connectivity index (χ1n) is 3.04. The van der Waals surface area contributed by atoms with E-state index in [4.69, 9.17) is 10.8 Å². The quantitative estimate of drug-likeness (QED) is 0.443.